The highest BCUT2D eigenvalue weighted by Crippen LogP contribution is 2.22. The van der Waals surface area contributed by atoms with Crippen LogP contribution in [0, 0.1) is 5.82 Å². The molecule has 0 unspecified atom stereocenters. The van der Waals surface area contributed by atoms with E-state index in [0.29, 0.717) is 12.4 Å². The van der Waals surface area contributed by atoms with Crippen LogP contribution in [0.3, 0.4) is 0 Å². The van der Waals surface area contributed by atoms with E-state index >= 15 is 0 Å². The van der Waals surface area contributed by atoms with Gasteiger partial charge in [0.25, 0.3) is 0 Å². The third-order valence-corrected chi connectivity index (χ3v) is 5.14. The summed E-state index contributed by atoms with van der Waals surface area (Å²) in [4.78, 5) is 6.20. The summed E-state index contributed by atoms with van der Waals surface area (Å²) in [7, 11) is -1.66. The standard InChI is InChI=1S/C16H18FN3O2S/c1-20(11-12-3-2-4-13(17)9-12)16-8-7-15(10-18-16)23(21,22)19-14-5-6-14/h2-4,7-10,14,19H,5-6,11H2,1H3. The quantitative estimate of drug-likeness (QED) is 0.880. The predicted octanol–water partition coefficient (Wildman–Crippen LogP) is 2.30. The van der Waals surface area contributed by atoms with Gasteiger partial charge in [0.2, 0.25) is 10.0 Å². The summed E-state index contributed by atoms with van der Waals surface area (Å²) in [5, 5.41) is 0. The van der Waals surface area contributed by atoms with Crippen molar-refractivity contribution in [2.45, 2.75) is 30.3 Å². The van der Waals surface area contributed by atoms with Gasteiger partial charge in [0.05, 0.1) is 0 Å². The molecule has 1 heterocycles. The molecule has 0 amide bonds. The van der Waals surface area contributed by atoms with Crippen LogP contribution in [0.4, 0.5) is 10.2 Å². The Kier molecular flexibility index (Phi) is 4.32. The van der Waals surface area contributed by atoms with Crippen LogP contribution in [0.5, 0.6) is 0 Å². The minimum atomic E-state index is -3.48. The summed E-state index contributed by atoms with van der Waals surface area (Å²) in [6.45, 7) is 0.483. The number of nitrogens with zero attached hydrogens (tertiary/aromatic N) is 2. The van der Waals surface area contributed by atoms with Gasteiger partial charge >= 0.3 is 0 Å². The van der Waals surface area contributed by atoms with Gasteiger partial charge < -0.3 is 4.90 Å². The highest BCUT2D eigenvalue weighted by Gasteiger charge is 2.28. The van der Waals surface area contributed by atoms with Crippen LogP contribution in [0.1, 0.15) is 18.4 Å². The lowest BCUT2D eigenvalue weighted by atomic mass is 10.2. The first kappa shape index (κ1) is 15.9. The number of hydrogen-bond donors (Lipinski definition) is 1. The molecule has 122 valence electrons. The Hall–Kier alpha value is -1.99. The molecule has 1 aromatic heterocycles. The van der Waals surface area contributed by atoms with Gasteiger partial charge in [-0.25, -0.2) is 22.5 Å². The molecule has 7 heteroatoms. The van der Waals surface area contributed by atoms with Crippen molar-refractivity contribution < 1.29 is 12.8 Å². The fourth-order valence-electron chi connectivity index (χ4n) is 2.24. The summed E-state index contributed by atoms with van der Waals surface area (Å²) in [5.41, 5.74) is 0.821. The predicted molar refractivity (Wildman–Crippen MR) is 86.1 cm³/mol. The minimum Gasteiger partial charge on any atom is -0.355 e. The molecule has 5 nitrogen and oxygen atoms in total. The molecule has 1 aliphatic rings. The normalized spacial score (nSPS) is 14.7. The number of hydrogen-bond acceptors (Lipinski definition) is 4. The number of nitrogens with one attached hydrogen (secondary N) is 1. The Morgan fingerprint density at radius 1 is 1.30 bits per heavy atom. The van der Waals surface area contributed by atoms with E-state index in [-0.39, 0.29) is 16.8 Å². The van der Waals surface area contributed by atoms with Crippen LogP contribution >= 0.6 is 0 Å². The fourth-order valence-corrected chi connectivity index (χ4v) is 3.49. The first-order valence-electron chi connectivity index (χ1n) is 7.38. The van der Waals surface area contributed by atoms with E-state index in [4.69, 9.17) is 0 Å². The molecule has 0 radical (unpaired) electrons. The van der Waals surface area contributed by atoms with Gasteiger partial charge in [-0.2, -0.15) is 0 Å². The fraction of sp³-hybridized carbons (Fsp3) is 0.312. The van der Waals surface area contributed by atoms with E-state index in [1.165, 1.54) is 24.4 Å². The summed E-state index contributed by atoms with van der Waals surface area (Å²) < 4.78 is 40.0. The number of pyridine rings is 1. The summed E-state index contributed by atoms with van der Waals surface area (Å²) in [5.74, 6) is 0.344. The molecule has 1 N–H and O–H groups in total. The first-order valence-corrected chi connectivity index (χ1v) is 8.86. The minimum absolute atomic E-state index is 0.0651. The van der Waals surface area contributed by atoms with Crippen LogP contribution in [-0.2, 0) is 16.6 Å². The number of anilines is 1. The van der Waals surface area contributed by atoms with E-state index in [0.717, 1.165) is 18.4 Å². The Bertz CT molecular complexity index is 789. The molecule has 0 spiro atoms. The molecule has 2 aromatic rings. The molecule has 1 aliphatic carbocycles. The number of benzene rings is 1. The highest BCUT2D eigenvalue weighted by atomic mass is 32.2. The zero-order valence-corrected chi connectivity index (χ0v) is 13.6. The Morgan fingerprint density at radius 3 is 2.70 bits per heavy atom. The van der Waals surface area contributed by atoms with Crippen LogP contribution < -0.4 is 9.62 Å². The maximum absolute atomic E-state index is 13.2. The average molecular weight is 335 g/mol. The van der Waals surface area contributed by atoms with Gasteiger partial charge in [0.15, 0.2) is 0 Å². The molecule has 1 aromatic carbocycles. The third-order valence-electron chi connectivity index (χ3n) is 3.63. The molecule has 0 bridgehead atoms. The van der Waals surface area contributed by atoms with E-state index in [2.05, 4.69) is 9.71 Å². The number of halogens is 1. The molecule has 1 fully saturated rings. The number of aromatic nitrogens is 1. The van der Waals surface area contributed by atoms with Crippen molar-refractivity contribution in [2.24, 2.45) is 0 Å². The van der Waals surface area contributed by atoms with Crippen molar-refractivity contribution in [2.75, 3.05) is 11.9 Å². The zero-order chi connectivity index (χ0) is 16.4. The lowest BCUT2D eigenvalue weighted by Crippen LogP contribution is -2.26. The molecule has 0 aliphatic heterocycles. The molecular weight excluding hydrogens is 317 g/mol. The van der Waals surface area contributed by atoms with Gasteiger partial charge in [0, 0.05) is 25.8 Å². The monoisotopic (exact) mass is 335 g/mol. The van der Waals surface area contributed by atoms with E-state index < -0.39 is 10.0 Å². The largest absolute Gasteiger partial charge is 0.355 e. The van der Waals surface area contributed by atoms with Crippen molar-refractivity contribution in [3.8, 4) is 0 Å². The van der Waals surface area contributed by atoms with Gasteiger partial charge in [0.1, 0.15) is 16.5 Å². The van der Waals surface area contributed by atoms with Crippen molar-refractivity contribution >= 4 is 15.8 Å². The summed E-state index contributed by atoms with van der Waals surface area (Å²) >= 11 is 0. The van der Waals surface area contributed by atoms with Crippen LogP contribution in [0.15, 0.2) is 47.5 Å². The zero-order valence-electron chi connectivity index (χ0n) is 12.7. The molecule has 1 saturated carbocycles. The lowest BCUT2D eigenvalue weighted by Gasteiger charge is -2.18. The molecule has 23 heavy (non-hydrogen) atoms. The maximum atomic E-state index is 13.2. The number of rotatable bonds is 6. The van der Waals surface area contributed by atoms with Gasteiger partial charge in [-0.05, 0) is 42.7 Å². The lowest BCUT2D eigenvalue weighted by molar-refractivity contribution is 0.580. The van der Waals surface area contributed by atoms with Crippen molar-refractivity contribution in [1.29, 1.82) is 0 Å². The van der Waals surface area contributed by atoms with Crippen molar-refractivity contribution in [3.05, 3.63) is 54.0 Å². The van der Waals surface area contributed by atoms with Crippen molar-refractivity contribution in [3.63, 3.8) is 0 Å². The number of sulfonamides is 1. The van der Waals surface area contributed by atoms with Crippen LogP contribution in [-0.4, -0.2) is 26.5 Å². The van der Waals surface area contributed by atoms with E-state index in [1.807, 2.05) is 18.0 Å². The first-order chi connectivity index (χ1) is 10.9. The maximum Gasteiger partial charge on any atom is 0.242 e. The van der Waals surface area contributed by atoms with Gasteiger partial charge in [-0.15, -0.1) is 0 Å². The topological polar surface area (TPSA) is 62.3 Å². The summed E-state index contributed by atoms with van der Waals surface area (Å²) in [6, 6.07) is 9.61. The SMILES string of the molecule is CN(Cc1cccc(F)c1)c1ccc(S(=O)(=O)NC2CC2)cn1. The van der Waals surface area contributed by atoms with E-state index in [9.17, 15) is 12.8 Å². The highest BCUT2D eigenvalue weighted by molar-refractivity contribution is 7.89. The summed E-state index contributed by atoms with van der Waals surface area (Å²) in [6.07, 6.45) is 3.13. The smallest absolute Gasteiger partial charge is 0.242 e. The molecule has 0 atom stereocenters. The second-order valence-corrected chi connectivity index (χ2v) is 7.45. The Balaban J connectivity index is 1.71. The second kappa shape index (κ2) is 6.25. The van der Waals surface area contributed by atoms with Crippen LogP contribution in [0.2, 0.25) is 0 Å². The Morgan fingerprint density at radius 2 is 2.09 bits per heavy atom. The van der Waals surface area contributed by atoms with Gasteiger partial charge in [-0.3, -0.25) is 0 Å². The average Bonchev–Trinajstić information content (AvgIpc) is 3.30. The van der Waals surface area contributed by atoms with Gasteiger partial charge in [-0.1, -0.05) is 12.1 Å². The van der Waals surface area contributed by atoms with Crippen molar-refractivity contribution in [1.82, 2.24) is 9.71 Å². The van der Waals surface area contributed by atoms with E-state index in [1.54, 1.807) is 12.1 Å². The van der Waals surface area contributed by atoms with Crippen LogP contribution in [0.25, 0.3) is 0 Å². The molecule has 3 rings (SSSR count). The second-order valence-electron chi connectivity index (χ2n) is 5.73. The third kappa shape index (κ3) is 4.05. The molecular formula is C16H18FN3O2S. The molecule has 0 saturated heterocycles. The Labute approximate surface area is 135 Å².